The molecular weight excluding hydrogens is 251 g/mol. The van der Waals surface area contributed by atoms with Gasteiger partial charge in [0.15, 0.2) is 0 Å². The van der Waals surface area contributed by atoms with E-state index in [2.05, 4.69) is 51.8 Å². The van der Waals surface area contributed by atoms with E-state index < -0.39 is 0 Å². The molecular formula is C17H29FN2. The van der Waals surface area contributed by atoms with Crippen molar-refractivity contribution in [2.45, 2.75) is 60.2 Å². The van der Waals surface area contributed by atoms with Crippen LogP contribution in [0.25, 0.3) is 0 Å². The van der Waals surface area contributed by atoms with Gasteiger partial charge in [0, 0.05) is 25.2 Å². The molecule has 3 heteroatoms. The molecule has 0 aliphatic rings. The predicted molar refractivity (Wildman–Crippen MR) is 85.7 cm³/mol. The van der Waals surface area contributed by atoms with Crippen LogP contribution in [0, 0.1) is 11.7 Å². The second-order valence-electron chi connectivity index (χ2n) is 6.46. The third-order valence-corrected chi connectivity index (χ3v) is 3.22. The number of hydrogen-bond donors (Lipinski definition) is 1. The lowest BCUT2D eigenvalue weighted by Gasteiger charge is -2.31. The Kier molecular flexibility index (Phi) is 6.47. The summed E-state index contributed by atoms with van der Waals surface area (Å²) in [7, 11) is 0. The zero-order valence-corrected chi connectivity index (χ0v) is 13.7. The van der Waals surface area contributed by atoms with Gasteiger partial charge in [-0.2, -0.15) is 0 Å². The highest BCUT2D eigenvalue weighted by Crippen LogP contribution is 2.23. The number of hydrogen-bond acceptors (Lipinski definition) is 2. The number of rotatable bonds is 7. The number of nitrogens with one attached hydrogen (secondary N) is 1. The van der Waals surface area contributed by atoms with E-state index in [1.807, 2.05) is 12.1 Å². The molecule has 2 nitrogen and oxygen atoms in total. The molecule has 0 unspecified atom stereocenters. The summed E-state index contributed by atoms with van der Waals surface area (Å²) in [4.78, 5) is 2.14. The summed E-state index contributed by atoms with van der Waals surface area (Å²) in [6, 6.07) is 6.29. The van der Waals surface area contributed by atoms with Crippen LogP contribution in [0.5, 0.6) is 0 Å². The van der Waals surface area contributed by atoms with Gasteiger partial charge < -0.3 is 10.2 Å². The number of anilines is 1. The van der Waals surface area contributed by atoms with Crippen molar-refractivity contribution in [3.63, 3.8) is 0 Å². The standard InChI is InChI=1S/C17H29FN2/c1-12(2)11-20(14(5)6)17-8-7-15(9-16(17)18)10-19-13(3)4/h7-9,12-14,19H,10-11H2,1-6H3. The summed E-state index contributed by atoms with van der Waals surface area (Å²) < 4.78 is 14.4. The largest absolute Gasteiger partial charge is 0.366 e. The van der Waals surface area contributed by atoms with Crippen LogP contribution in [0.4, 0.5) is 10.1 Å². The lowest BCUT2D eigenvalue weighted by atomic mass is 10.1. The molecule has 0 aliphatic heterocycles. The molecule has 20 heavy (non-hydrogen) atoms. The first-order valence-corrected chi connectivity index (χ1v) is 7.59. The molecule has 1 N–H and O–H groups in total. The van der Waals surface area contributed by atoms with Crippen molar-refractivity contribution in [1.29, 1.82) is 0 Å². The predicted octanol–water partition coefficient (Wildman–Crippen LogP) is 4.19. The third kappa shape index (κ3) is 5.12. The minimum atomic E-state index is -0.123. The van der Waals surface area contributed by atoms with E-state index in [4.69, 9.17) is 0 Å². The smallest absolute Gasteiger partial charge is 0.146 e. The second kappa shape index (κ2) is 7.63. The highest BCUT2D eigenvalue weighted by atomic mass is 19.1. The van der Waals surface area contributed by atoms with Crippen molar-refractivity contribution in [2.24, 2.45) is 5.92 Å². The fourth-order valence-corrected chi connectivity index (χ4v) is 2.20. The van der Waals surface area contributed by atoms with Gasteiger partial charge >= 0.3 is 0 Å². The first kappa shape index (κ1) is 17.0. The molecule has 0 atom stereocenters. The highest BCUT2D eigenvalue weighted by Gasteiger charge is 2.16. The monoisotopic (exact) mass is 280 g/mol. The van der Waals surface area contributed by atoms with E-state index in [-0.39, 0.29) is 5.82 Å². The van der Waals surface area contributed by atoms with E-state index in [9.17, 15) is 4.39 Å². The average Bonchev–Trinajstić information content (AvgIpc) is 2.33. The van der Waals surface area contributed by atoms with Crippen molar-refractivity contribution in [1.82, 2.24) is 5.32 Å². The Morgan fingerprint density at radius 3 is 2.20 bits per heavy atom. The molecule has 114 valence electrons. The van der Waals surface area contributed by atoms with Gasteiger partial charge in [0.25, 0.3) is 0 Å². The van der Waals surface area contributed by atoms with E-state index >= 15 is 0 Å². The Balaban J connectivity index is 2.89. The lowest BCUT2D eigenvalue weighted by molar-refractivity contribution is 0.546. The molecule has 0 radical (unpaired) electrons. The summed E-state index contributed by atoms with van der Waals surface area (Å²) in [5, 5.41) is 3.31. The molecule has 0 bridgehead atoms. The summed E-state index contributed by atoms with van der Waals surface area (Å²) in [6.45, 7) is 14.3. The van der Waals surface area contributed by atoms with Crippen LogP contribution >= 0.6 is 0 Å². The Bertz CT molecular complexity index is 413. The van der Waals surface area contributed by atoms with E-state index in [1.165, 1.54) is 0 Å². The maximum atomic E-state index is 14.4. The third-order valence-electron chi connectivity index (χ3n) is 3.22. The first-order valence-electron chi connectivity index (χ1n) is 7.59. The summed E-state index contributed by atoms with van der Waals surface area (Å²) >= 11 is 0. The molecule has 0 heterocycles. The van der Waals surface area contributed by atoms with Crippen LogP contribution < -0.4 is 10.2 Å². The zero-order chi connectivity index (χ0) is 15.3. The van der Waals surface area contributed by atoms with Crippen LogP contribution in [0.2, 0.25) is 0 Å². The van der Waals surface area contributed by atoms with Crippen LogP contribution in [-0.4, -0.2) is 18.6 Å². The average molecular weight is 280 g/mol. The van der Waals surface area contributed by atoms with Crippen LogP contribution in [0.15, 0.2) is 18.2 Å². The van der Waals surface area contributed by atoms with Gasteiger partial charge in [0.05, 0.1) is 5.69 Å². The Hall–Kier alpha value is -1.09. The maximum absolute atomic E-state index is 14.4. The molecule has 0 saturated heterocycles. The number of halogens is 1. The van der Waals surface area contributed by atoms with E-state index in [0.29, 0.717) is 30.2 Å². The van der Waals surface area contributed by atoms with E-state index in [0.717, 1.165) is 12.1 Å². The highest BCUT2D eigenvalue weighted by molar-refractivity contribution is 5.50. The zero-order valence-electron chi connectivity index (χ0n) is 13.7. The quantitative estimate of drug-likeness (QED) is 0.805. The molecule has 1 rings (SSSR count). The fourth-order valence-electron chi connectivity index (χ4n) is 2.20. The molecule has 0 aromatic heterocycles. The minimum absolute atomic E-state index is 0.123. The molecule has 0 fully saturated rings. The van der Waals surface area contributed by atoms with Gasteiger partial charge in [-0.25, -0.2) is 4.39 Å². The molecule has 0 aliphatic carbocycles. The van der Waals surface area contributed by atoms with Crippen molar-refractivity contribution < 1.29 is 4.39 Å². The van der Waals surface area contributed by atoms with Gasteiger partial charge in [0.2, 0.25) is 0 Å². The van der Waals surface area contributed by atoms with Gasteiger partial charge in [-0.15, -0.1) is 0 Å². The van der Waals surface area contributed by atoms with Gasteiger partial charge in [-0.3, -0.25) is 0 Å². The lowest BCUT2D eigenvalue weighted by Crippen LogP contribution is -2.34. The summed E-state index contributed by atoms with van der Waals surface area (Å²) in [6.07, 6.45) is 0. The minimum Gasteiger partial charge on any atom is -0.366 e. The first-order chi connectivity index (χ1) is 9.31. The molecule has 0 spiro atoms. The van der Waals surface area contributed by atoms with Gasteiger partial charge in [-0.1, -0.05) is 33.8 Å². The van der Waals surface area contributed by atoms with Gasteiger partial charge in [0.1, 0.15) is 5.82 Å². The van der Waals surface area contributed by atoms with Crippen molar-refractivity contribution in [2.75, 3.05) is 11.4 Å². The van der Waals surface area contributed by atoms with Gasteiger partial charge in [-0.05, 0) is 37.5 Å². The summed E-state index contributed by atoms with van der Waals surface area (Å²) in [5.41, 5.74) is 1.70. The van der Waals surface area contributed by atoms with Crippen LogP contribution in [-0.2, 0) is 6.54 Å². The Labute approximate surface area is 123 Å². The number of benzene rings is 1. The van der Waals surface area contributed by atoms with Crippen LogP contribution in [0.3, 0.4) is 0 Å². The second-order valence-corrected chi connectivity index (χ2v) is 6.46. The molecule has 1 aromatic carbocycles. The molecule has 0 amide bonds. The van der Waals surface area contributed by atoms with Crippen molar-refractivity contribution >= 4 is 5.69 Å². The summed E-state index contributed by atoms with van der Waals surface area (Å²) in [5.74, 6) is 0.390. The van der Waals surface area contributed by atoms with E-state index in [1.54, 1.807) is 6.07 Å². The molecule has 1 aromatic rings. The Morgan fingerprint density at radius 1 is 1.10 bits per heavy atom. The van der Waals surface area contributed by atoms with Crippen LogP contribution in [0.1, 0.15) is 47.1 Å². The topological polar surface area (TPSA) is 15.3 Å². The van der Waals surface area contributed by atoms with Crippen molar-refractivity contribution in [3.05, 3.63) is 29.6 Å². The SMILES string of the molecule is CC(C)CN(c1ccc(CNC(C)C)cc1F)C(C)C. The normalized spacial score (nSPS) is 11.7. The molecule has 0 saturated carbocycles. The van der Waals surface area contributed by atoms with Crippen molar-refractivity contribution in [3.8, 4) is 0 Å². The fraction of sp³-hybridized carbons (Fsp3) is 0.647. The number of nitrogens with zero attached hydrogens (tertiary/aromatic N) is 1. The Morgan fingerprint density at radius 2 is 1.75 bits per heavy atom. The maximum Gasteiger partial charge on any atom is 0.146 e.